The molecular weight excluding hydrogens is 362 g/mol. The number of methoxy groups -OCH3 is 1. The van der Waals surface area contributed by atoms with E-state index in [1.54, 1.807) is 18.0 Å². The topological polar surface area (TPSA) is 57.2 Å². The second-order valence-corrected chi connectivity index (χ2v) is 7.23. The number of hydrogen-bond acceptors (Lipinski definition) is 4. The summed E-state index contributed by atoms with van der Waals surface area (Å²) in [5, 5.41) is 5.67. The Labute approximate surface area is 168 Å². The molecule has 2 aromatic carbocycles. The van der Waals surface area contributed by atoms with Gasteiger partial charge in [-0.1, -0.05) is 35.9 Å². The van der Waals surface area contributed by atoms with Crippen LogP contribution in [0.5, 0.6) is 5.75 Å². The number of nitrogens with zero attached hydrogens (tertiary/aromatic N) is 5. The van der Waals surface area contributed by atoms with Crippen molar-refractivity contribution in [2.75, 3.05) is 7.11 Å². The minimum absolute atomic E-state index is 0.699. The van der Waals surface area contributed by atoms with E-state index in [1.807, 2.05) is 36.4 Å². The van der Waals surface area contributed by atoms with Crippen molar-refractivity contribution in [1.29, 1.82) is 0 Å². The standard InChI is InChI=1S/C23H21N5O/c1-14-8-7-9-17(12-14)21-25-23-20-15(2)16(3)28(22(20)24-13-27(23)26-21)18-10-5-6-11-19(18)29-4/h5-13H,1-4H3. The number of benzene rings is 2. The molecule has 0 aliphatic rings. The smallest absolute Gasteiger partial charge is 0.182 e. The maximum atomic E-state index is 5.59. The number of hydrogen-bond donors (Lipinski definition) is 0. The third kappa shape index (κ3) is 2.60. The minimum atomic E-state index is 0.699. The molecule has 0 fully saturated rings. The zero-order valence-electron chi connectivity index (χ0n) is 16.8. The summed E-state index contributed by atoms with van der Waals surface area (Å²) in [6.45, 7) is 6.27. The predicted molar refractivity (Wildman–Crippen MR) is 114 cm³/mol. The normalized spacial score (nSPS) is 11.4. The van der Waals surface area contributed by atoms with Crippen LogP contribution < -0.4 is 4.74 Å². The Hall–Kier alpha value is -3.67. The van der Waals surface area contributed by atoms with Crippen LogP contribution in [-0.4, -0.2) is 31.3 Å². The number of aryl methyl sites for hydroxylation is 2. The third-order valence-electron chi connectivity index (χ3n) is 5.44. The van der Waals surface area contributed by atoms with E-state index in [-0.39, 0.29) is 0 Å². The molecule has 5 rings (SSSR count). The first kappa shape index (κ1) is 17.4. The fraction of sp³-hybridized carbons (Fsp3) is 0.174. The van der Waals surface area contributed by atoms with Crippen molar-refractivity contribution in [3.05, 3.63) is 71.7 Å². The Bertz CT molecular complexity index is 1380. The summed E-state index contributed by atoms with van der Waals surface area (Å²) in [4.78, 5) is 9.61. The first-order valence-corrected chi connectivity index (χ1v) is 9.52. The van der Waals surface area contributed by atoms with E-state index < -0.39 is 0 Å². The Kier molecular flexibility index (Phi) is 3.87. The van der Waals surface area contributed by atoms with Gasteiger partial charge >= 0.3 is 0 Å². The monoisotopic (exact) mass is 383 g/mol. The first-order chi connectivity index (χ1) is 14.1. The fourth-order valence-corrected chi connectivity index (χ4v) is 3.88. The molecule has 144 valence electrons. The summed E-state index contributed by atoms with van der Waals surface area (Å²) in [5.74, 6) is 1.50. The van der Waals surface area contributed by atoms with Gasteiger partial charge in [0.1, 0.15) is 12.1 Å². The van der Waals surface area contributed by atoms with Gasteiger partial charge in [0.25, 0.3) is 0 Å². The van der Waals surface area contributed by atoms with Gasteiger partial charge in [-0.3, -0.25) is 4.57 Å². The van der Waals surface area contributed by atoms with Crippen molar-refractivity contribution in [2.24, 2.45) is 0 Å². The summed E-state index contributed by atoms with van der Waals surface area (Å²) in [7, 11) is 1.69. The lowest BCUT2D eigenvalue weighted by Crippen LogP contribution is -2.01. The molecule has 0 atom stereocenters. The number of aromatic nitrogens is 5. The molecule has 0 saturated carbocycles. The summed E-state index contributed by atoms with van der Waals surface area (Å²) < 4.78 is 9.48. The van der Waals surface area contributed by atoms with Crippen LogP contribution in [0.3, 0.4) is 0 Å². The van der Waals surface area contributed by atoms with Gasteiger partial charge in [-0.25, -0.2) is 14.5 Å². The molecule has 3 heterocycles. The van der Waals surface area contributed by atoms with E-state index in [1.165, 1.54) is 5.56 Å². The number of rotatable bonds is 3. The van der Waals surface area contributed by atoms with Crippen molar-refractivity contribution in [1.82, 2.24) is 24.1 Å². The van der Waals surface area contributed by atoms with Crippen molar-refractivity contribution >= 4 is 16.7 Å². The average molecular weight is 383 g/mol. The SMILES string of the molecule is COc1ccccc1-n1c(C)c(C)c2c1ncn1nc(-c3cccc(C)c3)nc21. The highest BCUT2D eigenvalue weighted by atomic mass is 16.5. The number of para-hydroxylation sites is 2. The average Bonchev–Trinajstić information content (AvgIpc) is 3.27. The van der Waals surface area contributed by atoms with Crippen molar-refractivity contribution in [2.45, 2.75) is 20.8 Å². The van der Waals surface area contributed by atoms with Crippen LogP contribution in [0.4, 0.5) is 0 Å². The Morgan fingerprint density at radius 3 is 2.55 bits per heavy atom. The zero-order valence-corrected chi connectivity index (χ0v) is 16.8. The highest BCUT2D eigenvalue weighted by Crippen LogP contribution is 2.33. The van der Waals surface area contributed by atoms with Crippen molar-refractivity contribution in [3.63, 3.8) is 0 Å². The van der Waals surface area contributed by atoms with Crippen LogP contribution in [0, 0.1) is 20.8 Å². The second kappa shape index (κ2) is 6.44. The quantitative estimate of drug-likeness (QED) is 0.454. The molecule has 0 radical (unpaired) electrons. The summed E-state index contributed by atoms with van der Waals surface area (Å²) in [6.07, 6.45) is 1.73. The Morgan fingerprint density at radius 2 is 1.76 bits per heavy atom. The molecule has 0 saturated heterocycles. The van der Waals surface area contributed by atoms with Gasteiger partial charge in [0.05, 0.1) is 18.2 Å². The van der Waals surface area contributed by atoms with Gasteiger partial charge in [0.15, 0.2) is 17.1 Å². The van der Waals surface area contributed by atoms with Crippen LogP contribution in [0.25, 0.3) is 33.8 Å². The lowest BCUT2D eigenvalue weighted by atomic mass is 10.1. The molecule has 3 aromatic heterocycles. The van der Waals surface area contributed by atoms with Crippen LogP contribution >= 0.6 is 0 Å². The number of fused-ring (bicyclic) bond motifs is 3. The van der Waals surface area contributed by atoms with Gasteiger partial charge in [-0.2, -0.15) is 0 Å². The van der Waals surface area contributed by atoms with Gasteiger partial charge in [0.2, 0.25) is 0 Å². The van der Waals surface area contributed by atoms with Crippen LogP contribution in [0.2, 0.25) is 0 Å². The molecule has 0 spiro atoms. The second-order valence-electron chi connectivity index (χ2n) is 7.23. The van der Waals surface area contributed by atoms with E-state index in [0.29, 0.717) is 5.82 Å². The Morgan fingerprint density at radius 1 is 0.931 bits per heavy atom. The van der Waals surface area contributed by atoms with Crippen molar-refractivity contribution in [3.8, 4) is 22.8 Å². The molecule has 0 N–H and O–H groups in total. The molecule has 5 aromatic rings. The maximum Gasteiger partial charge on any atom is 0.182 e. The van der Waals surface area contributed by atoms with Gasteiger partial charge in [-0.05, 0) is 44.5 Å². The molecule has 6 heteroatoms. The molecule has 0 bridgehead atoms. The Balaban J connectivity index is 1.81. The predicted octanol–water partition coefficient (Wildman–Crippen LogP) is 4.67. The fourth-order valence-electron chi connectivity index (χ4n) is 3.88. The molecule has 0 amide bonds. The molecular formula is C23H21N5O. The molecule has 0 unspecified atom stereocenters. The molecule has 0 aliphatic carbocycles. The summed E-state index contributed by atoms with van der Waals surface area (Å²) in [5.41, 5.74) is 7.03. The van der Waals surface area contributed by atoms with Crippen LogP contribution in [0.1, 0.15) is 16.8 Å². The lowest BCUT2D eigenvalue weighted by molar-refractivity contribution is 0.413. The molecule has 0 aliphatic heterocycles. The summed E-state index contributed by atoms with van der Waals surface area (Å²) in [6, 6.07) is 16.2. The van der Waals surface area contributed by atoms with Crippen LogP contribution in [0.15, 0.2) is 54.9 Å². The molecule has 29 heavy (non-hydrogen) atoms. The van der Waals surface area contributed by atoms with Gasteiger partial charge in [0, 0.05) is 11.3 Å². The zero-order chi connectivity index (χ0) is 20.1. The van der Waals surface area contributed by atoms with E-state index in [4.69, 9.17) is 14.7 Å². The van der Waals surface area contributed by atoms with E-state index in [2.05, 4.69) is 42.6 Å². The van der Waals surface area contributed by atoms with Crippen LogP contribution in [-0.2, 0) is 0 Å². The van der Waals surface area contributed by atoms with Gasteiger partial charge in [-0.15, -0.1) is 5.10 Å². The van der Waals surface area contributed by atoms with E-state index in [0.717, 1.165) is 44.9 Å². The van der Waals surface area contributed by atoms with Gasteiger partial charge < -0.3 is 4.74 Å². The maximum absolute atomic E-state index is 5.59. The highest BCUT2D eigenvalue weighted by molar-refractivity contribution is 5.95. The summed E-state index contributed by atoms with van der Waals surface area (Å²) >= 11 is 0. The number of ether oxygens (including phenoxy) is 1. The largest absolute Gasteiger partial charge is 0.495 e. The van der Waals surface area contributed by atoms with E-state index >= 15 is 0 Å². The first-order valence-electron chi connectivity index (χ1n) is 9.52. The lowest BCUT2D eigenvalue weighted by Gasteiger charge is -2.12. The molecule has 6 nitrogen and oxygen atoms in total. The minimum Gasteiger partial charge on any atom is -0.495 e. The van der Waals surface area contributed by atoms with Crippen molar-refractivity contribution < 1.29 is 4.74 Å². The third-order valence-corrected chi connectivity index (χ3v) is 5.44. The van der Waals surface area contributed by atoms with E-state index in [9.17, 15) is 0 Å². The highest BCUT2D eigenvalue weighted by Gasteiger charge is 2.20.